The Bertz CT molecular complexity index is 519. The molecular weight excluding hydrogens is 290 g/mol. The minimum absolute atomic E-state index is 0.270. The fourth-order valence-corrected chi connectivity index (χ4v) is 5.81. The minimum Gasteiger partial charge on any atom is -0.207 e. The Hall–Kier alpha value is -0.390. The topological polar surface area (TPSA) is 37.4 Å². The summed E-state index contributed by atoms with van der Waals surface area (Å²) in [5.74, 6) is 0. The Morgan fingerprint density at radius 3 is 2.31 bits per heavy atom. The lowest BCUT2D eigenvalue weighted by Gasteiger charge is -2.32. The molecule has 0 N–H and O–H groups in total. The van der Waals surface area contributed by atoms with Crippen LogP contribution < -0.4 is 0 Å². The summed E-state index contributed by atoms with van der Waals surface area (Å²) >= 11 is 3.46. The summed E-state index contributed by atoms with van der Waals surface area (Å²) in [4.78, 5) is 0.139. The van der Waals surface area contributed by atoms with Gasteiger partial charge in [0.2, 0.25) is 10.0 Å². The zero-order valence-electron chi connectivity index (χ0n) is 9.44. The molecule has 0 radical (unpaired) electrons. The highest BCUT2D eigenvalue weighted by molar-refractivity contribution is 9.09. The highest BCUT2D eigenvalue weighted by Crippen LogP contribution is 2.46. The number of nitrogens with zero attached hydrogens (tertiary/aromatic N) is 1. The van der Waals surface area contributed by atoms with Crippen LogP contribution in [0.5, 0.6) is 0 Å². The molecule has 88 valence electrons. The maximum Gasteiger partial charge on any atom is 0.245 e. The van der Waals surface area contributed by atoms with Gasteiger partial charge in [-0.15, -0.1) is 0 Å². The van der Waals surface area contributed by atoms with E-state index in [4.69, 9.17) is 0 Å². The summed E-state index contributed by atoms with van der Waals surface area (Å²) in [6.45, 7) is 5.68. The van der Waals surface area contributed by atoms with Crippen molar-refractivity contribution in [3.05, 3.63) is 29.8 Å². The summed E-state index contributed by atoms with van der Waals surface area (Å²) in [7, 11) is -3.37. The van der Waals surface area contributed by atoms with Crippen molar-refractivity contribution in [1.82, 2.24) is 4.31 Å². The standard InChI is InChI=1S/C11H14BrNO2S/c1-11(2,3)13-10(12)8-6-4-5-7-9(8)16(13,14)15/h4-7,10H,1-3H3. The Balaban J connectivity index is 2.67. The number of halogens is 1. The molecule has 0 aliphatic carbocycles. The van der Waals surface area contributed by atoms with E-state index < -0.39 is 15.6 Å². The lowest BCUT2D eigenvalue weighted by molar-refractivity contribution is 0.250. The average molecular weight is 304 g/mol. The third-order valence-electron chi connectivity index (χ3n) is 2.58. The van der Waals surface area contributed by atoms with E-state index in [0.717, 1.165) is 5.56 Å². The van der Waals surface area contributed by atoms with Crippen LogP contribution in [0.4, 0.5) is 0 Å². The molecule has 1 aliphatic rings. The first-order valence-corrected chi connectivity index (χ1v) is 7.39. The molecule has 1 atom stereocenters. The lowest BCUT2D eigenvalue weighted by atomic mass is 10.1. The van der Waals surface area contributed by atoms with Gasteiger partial charge >= 0.3 is 0 Å². The molecule has 1 heterocycles. The van der Waals surface area contributed by atoms with Crippen LogP contribution in [0, 0.1) is 0 Å². The highest BCUT2D eigenvalue weighted by atomic mass is 79.9. The zero-order valence-corrected chi connectivity index (χ0v) is 11.8. The number of alkyl halides is 1. The average Bonchev–Trinajstić information content (AvgIpc) is 2.34. The van der Waals surface area contributed by atoms with Crippen LogP contribution >= 0.6 is 15.9 Å². The predicted molar refractivity (Wildman–Crippen MR) is 66.9 cm³/mol. The molecule has 0 bridgehead atoms. The first kappa shape index (κ1) is 12.1. The van der Waals surface area contributed by atoms with Gasteiger partial charge in [-0.05, 0) is 26.8 Å². The molecule has 0 fully saturated rings. The Morgan fingerprint density at radius 1 is 1.25 bits per heavy atom. The van der Waals surface area contributed by atoms with Gasteiger partial charge in [0, 0.05) is 11.1 Å². The van der Waals surface area contributed by atoms with Gasteiger partial charge in [0.1, 0.15) is 4.95 Å². The molecule has 0 spiro atoms. The number of hydrogen-bond acceptors (Lipinski definition) is 2. The normalized spacial score (nSPS) is 24.4. The number of sulfonamides is 1. The highest BCUT2D eigenvalue weighted by Gasteiger charge is 2.46. The third kappa shape index (κ3) is 1.61. The Morgan fingerprint density at radius 2 is 1.81 bits per heavy atom. The van der Waals surface area contributed by atoms with Crippen LogP contribution in [0.15, 0.2) is 29.2 Å². The lowest BCUT2D eigenvalue weighted by Crippen LogP contribution is -2.42. The van der Waals surface area contributed by atoms with Gasteiger partial charge in [0.25, 0.3) is 0 Å². The van der Waals surface area contributed by atoms with Gasteiger partial charge in [-0.3, -0.25) is 0 Å². The van der Waals surface area contributed by atoms with Gasteiger partial charge in [-0.1, -0.05) is 34.1 Å². The van der Waals surface area contributed by atoms with E-state index in [-0.39, 0.29) is 4.95 Å². The maximum absolute atomic E-state index is 12.3. The largest absolute Gasteiger partial charge is 0.245 e. The molecule has 1 aromatic carbocycles. The van der Waals surface area contributed by atoms with Crippen molar-refractivity contribution in [3.63, 3.8) is 0 Å². The van der Waals surface area contributed by atoms with Crippen molar-refractivity contribution in [3.8, 4) is 0 Å². The second-order valence-corrected chi connectivity index (χ2v) is 7.50. The van der Waals surface area contributed by atoms with Crippen molar-refractivity contribution in [2.75, 3.05) is 0 Å². The van der Waals surface area contributed by atoms with E-state index in [1.165, 1.54) is 4.31 Å². The first-order chi connectivity index (χ1) is 7.26. The second-order valence-electron chi connectivity index (χ2n) is 4.85. The van der Waals surface area contributed by atoms with Crippen LogP contribution in [0.2, 0.25) is 0 Å². The number of rotatable bonds is 0. The molecule has 1 unspecified atom stereocenters. The molecule has 0 saturated heterocycles. The summed E-state index contributed by atoms with van der Waals surface area (Å²) in [5, 5.41) is 0. The van der Waals surface area contributed by atoms with Crippen molar-refractivity contribution in [2.45, 2.75) is 36.2 Å². The molecule has 1 aromatic rings. The van der Waals surface area contributed by atoms with Crippen molar-refractivity contribution >= 4 is 26.0 Å². The van der Waals surface area contributed by atoms with Crippen LogP contribution in [0.3, 0.4) is 0 Å². The van der Waals surface area contributed by atoms with Gasteiger partial charge in [-0.25, -0.2) is 8.42 Å². The molecule has 1 aliphatic heterocycles. The van der Waals surface area contributed by atoms with E-state index >= 15 is 0 Å². The van der Waals surface area contributed by atoms with Gasteiger partial charge in [-0.2, -0.15) is 4.31 Å². The number of hydrogen-bond donors (Lipinski definition) is 0. The quantitative estimate of drug-likeness (QED) is 0.546. The van der Waals surface area contributed by atoms with Crippen LogP contribution in [-0.4, -0.2) is 18.3 Å². The minimum atomic E-state index is -3.37. The Labute approximate surface area is 105 Å². The smallest absolute Gasteiger partial charge is 0.207 e. The monoisotopic (exact) mass is 303 g/mol. The first-order valence-electron chi connectivity index (χ1n) is 5.04. The van der Waals surface area contributed by atoms with E-state index in [9.17, 15) is 8.42 Å². The zero-order chi connectivity index (χ0) is 12.1. The van der Waals surface area contributed by atoms with Gasteiger partial charge in [0.05, 0.1) is 4.90 Å². The molecule has 3 nitrogen and oxygen atoms in total. The molecule has 0 aromatic heterocycles. The summed E-state index contributed by atoms with van der Waals surface area (Å²) in [5.41, 5.74) is 0.379. The van der Waals surface area contributed by atoms with E-state index in [0.29, 0.717) is 4.90 Å². The predicted octanol–water partition coefficient (Wildman–Crippen LogP) is 2.88. The van der Waals surface area contributed by atoms with Gasteiger partial charge in [0.15, 0.2) is 0 Å². The molecule has 0 saturated carbocycles. The summed E-state index contributed by atoms with van der Waals surface area (Å²) in [6, 6.07) is 7.11. The molecule has 16 heavy (non-hydrogen) atoms. The van der Waals surface area contributed by atoms with Crippen molar-refractivity contribution < 1.29 is 8.42 Å². The van der Waals surface area contributed by atoms with Gasteiger partial charge < -0.3 is 0 Å². The van der Waals surface area contributed by atoms with E-state index in [1.807, 2.05) is 32.9 Å². The summed E-state index contributed by atoms with van der Waals surface area (Å²) in [6.07, 6.45) is 0. The number of benzene rings is 1. The fourth-order valence-electron chi connectivity index (χ4n) is 1.97. The van der Waals surface area contributed by atoms with E-state index in [1.54, 1.807) is 12.1 Å². The second kappa shape index (κ2) is 3.55. The number of fused-ring (bicyclic) bond motifs is 1. The van der Waals surface area contributed by atoms with Crippen LogP contribution in [0.1, 0.15) is 31.3 Å². The van der Waals surface area contributed by atoms with Crippen molar-refractivity contribution in [2.24, 2.45) is 0 Å². The van der Waals surface area contributed by atoms with E-state index in [2.05, 4.69) is 15.9 Å². The molecule has 2 rings (SSSR count). The molecular formula is C11H14BrNO2S. The van der Waals surface area contributed by atoms with Crippen LogP contribution in [0.25, 0.3) is 0 Å². The maximum atomic E-state index is 12.3. The molecule has 5 heteroatoms. The third-order valence-corrected chi connectivity index (χ3v) is 5.96. The fraction of sp³-hybridized carbons (Fsp3) is 0.455. The SMILES string of the molecule is CC(C)(C)N1C(Br)c2ccccc2S1(=O)=O. The van der Waals surface area contributed by atoms with Crippen LogP contribution in [-0.2, 0) is 10.0 Å². The molecule has 0 amide bonds. The summed E-state index contributed by atoms with van der Waals surface area (Å²) < 4.78 is 26.2. The Kier molecular flexibility index (Phi) is 2.68. The van der Waals surface area contributed by atoms with Crippen molar-refractivity contribution in [1.29, 1.82) is 0 Å².